The van der Waals surface area contributed by atoms with E-state index in [0.29, 0.717) is 13.2 Å². The highest BCUT2D eigenvalue weighted by Gasteiger charge is 2.72. The minimum Gasteiger partial charge on any atom is -0.376 e. The highest BCUT2D eigenvalue weighted by atomic mass is 79.9. The first-order valence-electron chi connectivity index (χ1n) is 10.0. The third-order valence-corrected chi connectivity index (χ3v) is 9.78. The van der Waals surface area contributed by atoms with Gasteiger partial charge in [-0.2, -0.15) is 0 Å². The van der Waals surface area contributed by atoms with Crippen LogP contribution in [0.3, 0.4) is 0 Å². The minimum atomic E-state index is -0.710. The van der Waals surface area contributed by atoms with Gasteiger partial charge in [0.15, 0.2) is 0 Å². The number of carbonyl (C=O) groups excluding carboxylic acids is 2. The molecule has 7 rings (SSSR count). The Bertz CT molecular complexity index is 940. The van der Waals surface area contributed by atoms with Gasteiger partial charge in [0.05, 0.1) is 33.1 Å². The maximum absolute atomic E-state index is 13.7. The predicted octanol–water partition coefficient (Wildman–Crippen LogP) is 4.07. The van der Waals surface area contributed by atoms with E-state index in [4.69, 9.17) is 4.74 Å². The molecule has 0 radical (unpaired) electrons. The number of imide groups is 1. The van der Waals surface area contributed by atoms with Crippen LogP contribution in [0.1, 0.15) is 35.1 Å². The molecule has 0 saturated carbocycles. The highest BCUT2D eigenvalue weighted by Crippen LogP contribution is 2.70. The number of ether oxygens (including phenoxy) is 1. The Morgan fingerprint density at radius 1 is 0.862 bits per heavy atom. The van der Waals surface area contributed by atoms with Crippen LogP contribution >= 0.6 is 31.9 Å². The number of carbonyl (C=O) groups is 2. The molecule has 3 aliphatic carbocycles. The summed E-state index contributed by atoms with van der Waals surface area (Å²) in [7, 11) is 0. The summed E-state index contributed by atoms with van der Waals surface area (Å²) < 4.78 is 4.32. The smallest absolute Gasteiger partial charge is 0.235 e. The van der Waals surface area contributed by atoms with Crippen LogP contribution in [-0.2, 0) is 23.0 Å². The molecular weight excluding hydrogens is 498 g/mol. The molecule has 6 heteroatoms. The number of halogens is 2. The lowest BCUT2D eigenvalue weighted by molar-refractivity contribution is -0.141. The molecule has 2 bridgehead atoms. The second kappa shape index (κ2) is 6.02. The van der Waals surface area contributed by atoms with Gasteiger partial charge >= 0.3 is 0 Å². The summed E-state index contributed by atoms with van der Waals surface area (Å²) in [5.74, 6) is -1.17. The van der Waals surface area contributed by atoms with E-state index in [2.05, 4.69) is 56.1 Å². The van der Waals surface area contributed by atoms with Gasteiger partial charge in [-0.25, -0.2) is 0 Å². The lowest BCUT2D eigenvalue weighted by atomic mass is 9.54. The molecule has 148 valence electrons. The quantitative estimate of drug-likeness (QED) is 0.446. The molecule has 2 amide bonds. The molecule has 2 aliphatic heterocycles. The Hall–Kier alpha value is -1.50. The maximum atomic E-state index is 13.7. The van der Waals surface area contributed by atoms with Crippen molar-refractivity contribution in [3.05, 3.63) is 70.8 Å². The summed E-state index contributed by atoms with van der Waals surface area (Å²) in [6.45, 7) is 1.05. The van der Waals surface area contributed by atoms with E-state index in [1.54, 1.807) is 0 Å². The first-order chi connectivity index (χ1) is 14.0. The van der Waals surface area contributed by atoms with E-state index in [-0.39, 0.29) is 17.9 Å². The van der Waals surface area contributed by atoms with Gasteiger partial charge in [-0.05, 0) is 35.1 Å². The Labute approximate surface area is 185 Å². The number of nitrogens with zero attached hydrogens (tertiary/aromatic N) is 1. The minimum absolute atomic E-state index is 0.0528. The van der Waals surface area contributed by atoms with Gasteiger partial charge in [-0.3, -0.25) is 14.5 Å². The Balaban J connectivity index is 1.58. The van der Waals surface area contributed by atoms with Gasteiger partial charge in [-0.15, -0.1) is 0 Å². The zero-order valence-electron chi connectivity index (χ0n) is 15.6. The number of alkyl halides is 2. The number of hydrogen-bond acceptors (Lipinski definition) is 3. The molecule has 2 saturated heterocycles. The van der Waals surface area contributed by atoms with Gasteiger partial charge in [0.25, 0.3) is 0 Å². The molecule has 2 aromatic rings. The van der Waals surface area contributed by atoms with Gasteiger partial charge in [0, 0.05) is 6.61 Å². The lowest BCUT2D eigenvalue weighted by Gasteiger charge is -2.55. The number of benzene rings is 2. The maximum Gasteiger partial charge on any atom is 0.235 e. The van der Waals surface area contributed by atoms with Crippen LogP contribution in [0.25, 0.3) is 0 Å². The van der Waals surface area contributed by atoms with Crippen LogP contribution in [0.5, 0.6) is 0 Å². The van der Waals surface area contributed by atoms with Crippen molar-refractivity contribution >= 4 is 43.7 Å². The fourth-order valence-electron chi connectivity index (χ4n) is 5.90. The number of likely N-dealkylation sites (tertiary alicyclic amines) is 1. The van der Waals surface area contributed by atoms with E-state index in [1.165, 1.54) is 4.90 Å². The molecule has 29 heavy (non-hydrogen) atoms. The molecule has 0 unspecified atom stereocenters. The van der Waals surface area contributed by atoms with Crippen molar-refractivity contribution in [2.75, 3.05) is 13.2 Å². The Morgan fingerprint density at radius 2 is 1.31 bits per heavy atom. The van der Waals surface area contributed by atoms with Crippen molar-refractivity contribution in [2.24, 2.45) is 11.8 Å². The van der Waals surface area contributed by atoms with Crippen LogP contribution in [0.4, 0.5) is 0 Å². The summed E-state index contributed by atoms with van der Waals surface area (Å²) in [5, 5.41) is 0. The van der Waals surface area contributed by atoms with E-state index in [9.17, 15) is 9.59 Å². The topological polar surface area (TPSA) is 46.6 Å². The van der Waals surface area contributed by atoms with Crippen LogP contribution < -0.4 is 0 Å². The average Bonchev–Trinajstić information content (AvgIpc) is 3.34. The summed E-state index contributed by atoms with van der Waals surface area (Å²) in [6.07, 6.45) is 1.82. The Kier molecular flexibility index (Phi) is 3.80. The van der Waals surface area contributed by atoms with Gasteiger partial charge in [0.2, 0.25) is 11.8 Å². The fraction of sp³-hybridized carbons (Fsp3) is 0.391. The molecule has 5 aliphatic rings. The van der Waals surface area contributed by atoms with Crippen molar-refractivity contribution in [1.29, 1.82) is 0 Å². The van der Waals surface area contributed by atoms with Crippen molar-refractivity contribution in [2.45, 2.75) is 27.6 Å². The third-order valence-electron chi connectivity index (χ3n) is 7.09. The molecule has 4 nitrogen and oxygen atoms in total. The molecule has 0 aromatic heterocycles. The zero-order chi connectivity index (χ0) is 20.0. The number of amides is 2. The van der Waals surface area contributed by atoms with Crippen molar-refractivity contribution in [3.63, 3.8) is 0 Å². The van der Waals surface area contributed by atoms with E-state index in [1.807, 2.05) is 24.3 Å². The molecule has 0 N–H and O–H groups in total. The van der Waals surface area contributed by atoms with Crippen molar-refractivity contribution in [1.82, 2.24) is 4.90 Å². The monoisotopic (exact) mass is 515 g/mol. The lowest BCUT2D eigenvalue weighted by Crippen LogP contribution is -2.56. The predicted molar refractivity (Wildman–Crippen MR) is 115 cm³/mol. The van der Waals surface area contributed by atoms with Crippen molar-refractivity contribution < 1.29 is 14.3 Å². The van der Waals surface area contributed by atoms with Crippen molar-refractivity contribution in [3.8, 4) is 0 Å². The first kappa shape index (κ1) is 18.3. The summed E-state index contributed by atoms with van der Waals surface area (Å²) >= 11 is 8.04. The summed E-state index contributed by atoms with van der Waals surface area (Å²) in [4.78, 5) is 28.9. The zero-order valence-corrected chi connectivity index (χ0v) is 18.8. The fourth-order valence-corrected chi connectivity index (χ4v) is 8.20. The first-order valence-corrected chi connectivity index (χ1v) is 11.6. The van der Waals surface area contributed by atoms with Crippen LogP contribution in [0.2, 0.25) is 0 Å². The molecule has 3 atom stereocenters. The van der Waals surface area contributed by atoms with E-state index < -0.39 is 20.5 Å². The van der Waals surface area contributed by atoms with Gasteiger partial charge < -0.3 is 4.74 Å². The molecule has 2 fully saturated rings. The second-order valence-electron chi connectivity index (χ2n) is 8.39. The average molecular weight is 517 g/mol. The number of hydrogen-bond donors (Lipinski definition) is 0. The third kappa shape index (κ3) is 2.08. The largest absolute Gasteiger partial charge is 0.376 e. The van der Waals surface area contributed by atoms with Gasteiger partial charge in [-0.1, -0.05) is 80.4 Å². The van der Waals surface area contributed by atoms with E-state index in [0.717, 1.165) is 35.1 Å². The second-order valence-corrected chi connectivity index (χ2v) is 10.9. The van der Waals surface area contributed by atoms with Gasteiger partial charge in [0.1, 0.15) is 0 Å². The summed E-state index contributed by atoms with van der Waals surface area (Å²) in [5.41, 5.74) is 4.27. The normalized spacial score (nSPS) is 36.9. The molecule has 0 spiro atoms. The number of rotatable bonds is 2. The Morgan fingerprint density at radius 3 is 1.69 bits per heavy atom. The van der Waals surface area contributed by atoms with Crippen LogP contribution in [-0.4, -0.2) is 36.0 Å². The highest BCUT2D eigenvalue weighted by molar-refractivity contribution is 9.10. The molecule has 2 heterocycles. The molecular formula is C23H19Br2NO3. The van der Waals surface area contributed by atoms with Crippen LogP contribution in [0, 0.1) is 11.8 Å². The standard InChI is InChI=1S/C23H19Br2NO3/c24-22-14-7-1-2-8-15(14)23(25,17-10-4-3-9-16(17)22)19-18(22)20(27)26(21(19)28)12-13-6-5-11-29-13/h1-4,7-10,13,18-19H,5-6,11-12H2/t13-,18-,19+,22?,23?/m0/s1. The molecule has 2 aromatic carbocycles. The van der Waals surface area contributed by atoms with E-state index >= 15 is 0 Å². The SMILES string of the molecule is O=C1[C@@H]2[C@H](C(=O)N1C[C@@H]1CCCO1)C1(Br)c3ccccc3C2(Br)c2ccccc21. The summed E-state index contributed by atoms with van der Waals surface area (Å²) in [6, 6.07) is 16.3. The van der Waals surface area contributed by atoms with Crippen LogP contribution in [0.15, 0.2) is 48.5 Å².